The van der Waals surface area contributed by atoms with Crippen molar-refractivity contribution in [3.63, 3.8) is 0 Å². The van der Waals surface area contributed by atoms with Crippen molar-refractivity contribution in [3.8, 4) is 5.75 Å². The first-order valence-corrected chi connectivity index (χ1v) is 10.5. The SMILES string of the molecule is NS(=O)(=O)c1ccc(NC(=O)COc2ccccc2/C=C2\SC(=O)NC2=O)cc1. The van der Waals surface area contributed by atoms with Gasteiger partial charge in [-0.2, -0.15) is 0 Å². The van der Waals surface area contributed by atoms with Gasteiger partial charge in [0.25, 0.3) is 17.1 Å². The van der Waals surface area contributed by atoms with Gasteiger partial charge in [-0.15, -0.1) is 0 Å². The van der Waals surface area contributed by atoms with E-state index in [9.17, 15) is 22.8 Å². The van der Waals surface area contributed by atoms with E-state index < -0.39 is 27.1 Å². The fourth-order valence-electron chi connectivity index (χ4n) is 2.36. The van der Waals surface area contributed by atoms with Crippen molar-refractivity contribution in [3.05, 3.63) is 59.0 Å². The number of carbonyl (C=O) groups is 3. The van der Waals surface area contributed by atoms with Gasteiger partial charge in [0.15, 0.2) is 6.61 Å². The predicted molar refractivity (Wildman–Crippen MR) is 107 cm³/mol. The van der Waals surface area contributed by atoms with Gasteiger partial charge in [0.1, 0.15) is 5.75 Å². The molecule has 9 nitrogen and oxygen atoms in total. The number of para-hydroxylation sites is 1. The third-order valence-corrected chi connectivity index (χ3v) is 5.41. The summed E-state index contributed by atoms with van der Waals surface area (Å²) in [6, 6.07) is 12.1. The number of hydrogen-bond donors (Lipinski definition) is 3. The first kappa shape index (κ1) is 20.6. The number of hydrogen-bond acceptors (Lipinski definition) is 7. The summed E-state index contributed by atoms with van der Waals surface area (Å²) >= 11 is 0.781. The van der Waals surface area contributed by atoms with E-state index in [0.29, 0.717) is 17.0 Å². The Hall–Kier alpha value is -3.15. The number of nitrogens with two attached hydrogens (primary N) is 1. The quantitative estimate of drug-likeness (QED) is 0.588. The molecule has 1 heterocycles. The van der Waals surface area contributed by atoms with Crippen LogP contribution in [0.2, 0.25) is 0 Å². The number of thioether (sulfide) groups is 1. The smallest absolute Gasteiger partial charge is 0.290 e. The van der Waals surface area contributed by atoms with Gasteiger partial charge in [-0.1, -0.05) is 18.2 Å². The average molecular weight is 433 g/mol. The van der Waals surface area contributed by atoms with Crippen molar-refractivity contribution in [1.82, 2.24) is 5.32 Å². The van der Waals surface area contributed by atoms with Crippen LogP contribution < -0.4 is 20.5 Å². The lowest BCUT2D eigenvalue weighted by Crippen LogP contribution is -2.20. The number of carbonyl (C=O) groups excluding carboxylic acids is 3. The monoisotopic (exact) mass is 433 g/mol. The normalized spacial score (nSPS) is 15.3. The molecule has 3 rings (SSSR count). The Morgan fingerprint density at radius 3 is 2.45 bits per heavy atom. The van der Waals surface area contributed by atoms with Crippen molar-refractivity contribution in [2.45, 2.75) is 4.90 Å². The molecule has 29 heavy (non-hydrogen) atoms. The third kappa shape index (κ3) is 5.44. The van der Waals surface area contributed by atoms with Gasteiger partial charge in [0, 0.05) is 11.3 Å². The minimum Gasteiger partial charge on any atom is -0.483 e. The highest BCUT2D eigenvalue weighted by Crippen LogP contribution is 2.29. The predicted octanol–water partition coefficient (Wildman–Crippen LogP) is 1.68. The number of primary sulfonamides is 1. The van der Waals surface area contributed by atoms with Crippen LogP contribution in [0.25, 0.3) is 6.08 Å². The van der Waals surface area contributed by atoms with Crippen LogP contribution in [0.3, 0.4) is 0 Å². The molecule has 1 fully saturated rings. The zero-order valence-corrected chi connectivity index (χ0v) is 16.4. The lowest BCUT2D eigenvalue weighted by molar-refractivity contribution is -0.118. The number of sulfonamides is 1. The fourth-order valence-corrected chi connectivity index (χ4v) is 3.55. The molecule has 0 aromatic heterocycles. The Kier molecular flexibility index (Phi) is 6.01. The Balaban J connectivity index is 1.64. The van der Waals surface area contributed by atoms with E-state index in [-0.39, 0.29) is 16.4 Å². The maximum Gasteiger partial charge on any atom is 0.290 e. The summed E-state index contributed by atoms with van der Waals surface area (Å²) in [6.45, 7) is -0.324. The van der Waals surface area contributed by atoms with Crippen molar-refractivity contribution in [2.75, 3.05) is 11.9 Å². The number of nitrogens with one attached hydrogen (secondary N) is 2. The van der Waals surface area contributed by atoms with E-state index in [1.807, 2.05) is 0 Å². The fraction of sp³-hybridized carbons (Fsp3) is 0.0556. The molecule has 2 aromatic rings. The van der Waals surface area contributed by atoms with Crippen LogP contribution in [0.4, 0.5) is 10.5 Å². The third-order valence-electron chi connectivity index (χ3n) is 3.67. The molecule has 0 radical (unpaired) electrons. The van der Waals surface area contributed by atoms with Crippen LogP contribution >= 0.6 is 11.8 Å². The van der Waals surface area contributed by atoms with E-state index in [2.05, 4.69) is 10.6 Å². The molecule has 1 saturated heterocycles. The summed E-state index contributed by atoms with van der Waals surface area (Å²) < 4.78 is 28.0. The van der Waals surface area contributed by atoms with Crippen molar-refractivity contribution < 1.29 is 27.5 Å². The molecule has 2 aromatic carbocycles. The number of anilines is 1. The average Bonchev–Trinajstić information content (AvgIpc) is 2.97. The highest BCUT2D eigenvalue weighted by Gasteiger charge is 2.25. The van der Waals surface area contributed by atoms with Gasteiger partial charge in [0.2, 0.25) is 10.0 Å². The Bertz CT molecular complexity index is 1110. The van der Waals surface area contributed by atoms with Crippen molar-refractivity contribution >= 4 is 50.6 Å². The topological polar surface area (TPSA) is 145 Å². The van der Waals surface area contributed by atoms with E-state index in [4.69, 9.17) is 9.88 Å². The zero-order valence-electron chi connectivity index (χ0n) is 14.7. The van der Waals surface area contributed by atoms with Crippen molar-refractivity contribution in [1.29, 1.82) is 0 Å². The second kappa shape index (κ2) is 8.47. The molecule has 0 saturated carbocycles. The van der Waals surface area contributed by atoms with Gasteiger partial charge < -0.3 is 10.1 Å². The molecule has 150 valence electrons. The molecule has 11 heteroatoms. The molecule has 1 aliphatic heterocycles. The van der Waals surface area contributed by atoms with Crippen LogP contribution in [0.5, 0.6) is 5.75 Å². The number of benzene rings is 2. The summed E-state index contributed by atoms with van der Waals surface area (Å²) in [5.74, 6) is -0.609. The number of amides is 3. The molecular formula is C18H15N3O6S2. The molecule has 1 aliphatic rings. The summed E-state index contributed by atoms with van der Waals surface area (Å²) in [5.41, 5.74) is 0.907. The molecule has 4 N–H and O–H groups in total. The van der Waals surface area contributed by atoms with Gasteiger partial charge in [-0.3, -0.25) is 19.7 Å². The van der Waals surface area contributed by atoms with Gasteiger partial charge in [0.05, 0.1) is 9.80 Å². The van der Waals surface area contributed by atoms with E-state index in [0.717, 1.165) is 11.8 Å². The zero-order chi connectivity index (χ0) is 21.0. The van der Waals surface area contributed by atoms with Crippen LogP contribution in [0, 0.1) is 0 Å². The van der Waals surface area contributed by atoms with Crippen LogP contribution in [0.1, 0.15) is 5.56 Å². The minimum absolute atomic E-state index is 0.0685. The van der Waals surface area contributed by atoms with Crippen LogP contribution in [-0.4, -0.2) is 32.1 Å². The lowest BCUT2D eigenvalue weighted by atomic mass is 10.2. The van der Waals surface area contributed by atoms with Crippen LogP contribution in [0.15, 0.2) is 58.3 Å². The van der Waals surface area contributed by atoms with E-state index in [1.165, 1.54) is 30.3 Å². The minimum atomic E-state index is -3.81. The highest BCUT2D eigenvalue weighted by molar-refractivity contribution is 8.18. The van der Waals surface area contributed by atoms with E-state index >= 15 is 0 Å². The Labute approximate surface area is 170 Å². The van der Waals surface area contributed by atoms with Crippen LogP contribution in [-0.2, 0) is 19.6 Å². The standard InChI is InChI=1S/C18H15N3O6S2/c19-29(25,26)13-7-5-12(6-8-13)20-16(22)10-27-14-4-2-1-3-11(14)9-15-17(23)21-18(24)28-15/h1-9H,10H2,(H,20,22)(H2,19,25,26)(H,21,23,24)/b15-9-. The largest absolute Gasteiger partial charge is 0.483 e. The molecule has 0 aliphatic carbocycles. The molecule has 3 amide bonds. The number of imide groups is 1. The highest BCUT2D eigenvalue weighted by atomic mass is 32.2. The summed E-state index contributed by atoms with van der Waals surface area (Å²) in [4.78, 5) is 35.2. The van der Waals surface area contributed by atoms with Gasteiger partial charge in [-0.25, -0.2) is 13.6 Å². The maximum atomic E-state index is 12.1. The number of rotatable bonds is 6. The second-order valence-electron chi connectivity index (χ2n) is 5.80. The number of ether oxygens (including phenoxy) is 1. The summed E-state index contributed by atoms with van der Waals surface area (Å²) in [7, 11) is -3.81. The van der Waals surface area contributed by atoms with Crippen molar-refractivity contribution in [2.24, 2.45) is 5.14 Å². The second-order valence-corrected chi connectivity index (χ2v) is 8.37. The first-order chi connectivity index (χ1) is 13.7. The van der Waals surface area contributed by atoms with Gasteiger partial charge in [-0.05, 0) is 48.2 Å². The molecule has 0 atom stereocenters. The maximum absolute atomic E-state index is 12.1. The first-order valence-electron chi connectivity index (χ1n) is 8.12. The molecular weight excluding hydrogens is 418 g/mol. The molecule has 0 unspecified atom stereocenters. The molecule has 0 spiro atoms. The summed E-state index contributed by atoms with van der Waals surface area (Å²) in [6.07, 6.45) is 1.50. The van der Waals surface area contributed by atoms with Gasteiger partial charge >= 0.3 is 0 Å². The lowest BCUT2D eigenvalue weighted by Gasteiger charge is -2.10. The Morgan fingerprint density at radius 2 is 1.83 bits per heavy atom. The summed E-state index contributed by atoms with van der Waals surface area (Å²) in [5, 5.41) is 9.30. The molecule has 0 bridgehead atoms. The Morgan fingerprint density at radius 1 is 1.14 bits per heavy atom. The van der Waals surface area contributed by atoms with E-state index in [1.54, 1.807) is 24.3 Å².